The first-order valence-electron chi connectivity index (χ1n) is 6.75. The number of aryl methyl sites for hydroxylation is 1. The third-order valence-corrected chi connectivity index (χ3v) is 3.75. The predicted octanol–water partition coefficient (Wildman–Crippen LogP) is 2.76. The Kier molecular flexibility index (Phi) is 5.04. The number of aliphatic hydroxyl groups is 1. The van der Waals surface area contributed by atoms with Crippen molar-refractivity contribution in [1.29, 1.82) is 0 Å². The second kappa shape index (κ2) is 6.78. The average molecular weight is 307 g/mol. The van der Waals surface area contributed by atoms with Crippen molar-refractivity contribution in [2.75, 3.05) is 7.05 Å². The molecule has 0 radical (unpaired) electrons. The van der Waals surface area contributed by atoms with E-state index < -0.39 is 6.10 Å². The lowest BCUT2D eigenvalue weighted by molar-refractivity contribution is -0.132. The molecule has 1 unspecified atom stereocenters. The van der Waals surface area contributed by atoms with Crippen LogP contribution >= 0.6 is 11.6 Å². The summed E-state index contributed by atoms with van der Waals surface area (Å²) >= 11 is 5.81. The van der Waals surface area contributed by atoms with Crippen molar-refractivity contribution in [3.63, 3.8) is 0 Å². The average Bonchev–Trinajstić information content (AvgIpc) is 2.84. The fraction of sp³-hybridized carbons (Fsp3) is 0.312. The first-order chi connectivity index (χ1) is 9.97. The summed E-state index contributed by atoms with van der Waals surface area (Å²) in [5, 5.41) is 10.7. The Morgan fingerprint density at radius 2 is 2.00 bits per heavy atom. The van der Waals surface area contributed by atoms with Gasteiger partial charge in [-0.3, -0.25) is 4.79 Å². The Morgan fingerprint density at radius 1 is 1.33 bits per heavy atom. The number of amides is 1. The van der Waals surface area contributed by atoms with Crippen molar-refractivity contribution >= 4 is 17.5 Å². The molecule has 1 heterocycles. The van der Waals surface area contributed by atoms with Crippen molar-refractivity contribution in [1.82, 2.24) is 9.47 Å². The molecule has 0 aliphatic rings. The minimum atomic E-state index is -0.814. The number of rotatable bonds is 5. The Bertz CT molecular complexity index is 607. The number of aromatic nitrogens is 1. The first-order valence-corrected chi connectivity index (χ1v) is 7.13. The van der Waals surface area contributed by atoms with Crippen LogP contribution in [0.3, 0.4) is 0 Å². The lowest BCUT2D eigenvalue weighted by Gasteiger charge is -2.19. The smallest absolute Gasteiger partial charge is 0.225 e. The van der Waals surface area contributed by atoms with Gasteiger partial charge in [-0.1, -0.05) is 23.7 Å². The minimum Gasteiger partial charge on any atom is -0.388 e. The molecule has 0 spiro atoms. The normalized spacial score (nSPS) is 12.2. The van der Waals surface area contributed by atoms with Gasteiger partial charge in [-0.25, -0.2) is 0 Å². The van der Waals surface area contributed by atoms with Crippen LogP contribution in [0.5, 0.6) is 0 Å². The van der Waals surface area contributed by atoms with Gasteiger partial charge in [-0.05, 0) is 29.8 Å². The zero-order valence-electron chi connectivity index (χ0n) is 12.2. The molecule has 21 heavy (non-hydrogen) atoms. The maximum atomic E-state index is 12.2. The summed E-state index contributed by atoms with van der Waals surface area (Å²) in [7, 11) is 3.68. The van der Waals surface area contributed by atoms with E-state index in [1.165, 1.54) is 0 Å². The monoisotopic (exact) mass is 306 g/mol. The SMILES string of the molecule is CN(Cc1cccn1C)C(=O)CC(O)c1ccc(Cl)cc1. The maximum absolute atomic E-state index is 12.2. The minimum absolute atomic E-state index is 0.0581. The fourth-order valence-corrected chi connectivity index (χ4v) is 2.24. The van der Waals surface area contributed by atoms with Crippen LogP contribution in [0.1, 0.15) is 23.8 Å². The Hall–Kier alpha value is -1.78. The van der Waals surface area contributed by atoms with E-state index >= 15 is 0 Å². The summed E-state index contributed by atoms with van der Waals surface area (Å²) in [6.45, 7) is 0.523. The molecule has 5 heteroatoms. The standard InChI is InChI=1S/C16H19ClN2O2/c1-18-9-3-4-14(18)11-19(2)16(21)10-15(20)12-5-7-13(17)8-6-12/h3-9,15,20H,10-11H2,1-2H3. The van der Waals surface area contributed by atoms with Gasteiger partial charge in [0.2, 0.25) is 5.91 Å². The van der Waals surface area contributed by atoms with Gasteiger partial charge in [0, 0.05) is 31.0 Å². The van der Waals surface area contributed by atoms with Crippen LogP contribution < -0.4 is 0 Å². The van der Waals surface area contributed by atoms with Crippen LogP contribution in [0.15, 0.2) is 42.6 Å². The van der Waals surface area contributed by atoms with Crippen molar-refractivity contribution in [3.8, 4) is 0 Å². The molecule has 1 aromatic heterocycles. The van der Waals surface area contributed by atoms with Gasteiger partial charge in [0.15, 0.2) is 0 Å². The third kappa shape index (κ3) is 4.09. The topological polar surface area (TPSA) is 45.5 Å². The molecular formula is C16H19ClN2O2. The lowest BCUT2D eigenvalue weighted by Crippen LogP contribution is -2.28. The van der Waals surface area contributed by atoms with E-state index in [0.29, 0.717) is 17.1 Å². The second-order valence-corrected chi connectivity index (χ2v) is 5.57. The van der Waals surface area contributed by atoms with Crippen LogP contribution in [0, 0.1) is 0 Å². The summed E-state index contributed by atoms with van der Waals surface area (Å²) in [6.07, 6.45) is 1.18. The lowest BCUT2D eigenvalue weighted by atomic mass is 10.1. The summed E-state index contributed by atoms with van der Waals surface area (Å²) in [6, 6.07) is 10.8. The summed E-state index contributed by atoms with van der Waals surface area (Å²) < 4.78 is 1.97. The first kappa shape index (κ1) is 15.6. The van der Waals surface area contributed by atoms with Gasteiger partial charge in [0.1, 0.15) is 0 Å². The van der Waals surface area contributed by atoms with Gasteiger partial charge in [0.05, 0.1) is 19.1 Å². The molecule has 0 aliphatic carbocycles. The van der Waals surface area contributed by atoms with E-state index in [1.54, 1.807) is 36.2 Å². The number of halogens is 1. The number of aliphatic hydroxyl groups excluding tert-OH is 1. The largest absolute Gasteiger partial charge is 0.388 e. The number of carbonyl (C=O) groups excluding carboxylic acids is 1. The molecule has 2 rings (SSSR count). The van der Waals surface area contributed by atoms with Crippen LogP contribution in [0.25, 0.3) is 0 Å². The number of benzene rings is 1. The molecule has 1 N–H and O–H groups in total. The number of nitrogens with zero attached hydrogens (tertiary/aromatic N) is 2. The number of carbonyl (C=O) groups is 1. The Morgan fingerprint density at radius 3 is 2.57 bits per heavy atom. The molecule has 2 aromatic rings. The summed E-state index contributed by atoms with van der Waals surface area (Å²) in [4.78, 5) is 13.8. The highest BCUT2D eigenvalue weighted by atomic mass is 35.5. The van der Waals surface area contributed by atoms with Gasteiger partial charge in [-0.2, -0.15) is 0 Å². The van der Waals surface area contributed by atoms with E-state index in [0.717, 1.165) is 5.69 Å². The number of hydrogen-bond donors (Lipinski definition) is 1. The highest BCUT2D eigenvalue weighted by Gasteiger charge is 2.17. The molecule has 0 fully saturated rings. The van der Waals surface area contributed by atoms with Crippen LogP contribution in [-0.2, 0) is 18.4 Å². The van der Waals surface area contributed by atoms with Crippen molar-refractivity contribution in [3.05, 3.63) is 58.9 Å². The van der Waals surface area contributed by atoms with E-state index in [4.69, 9.17) is 11.6 Å². The zero-order chi connectivity index (χ0) is 15.4. The molecule has 0 saturated heterocycles. The van der Waals surface area contributed by atoms with Gasteiger partial charge >= 0.3 is 0 Å². The molecule has 1 atom stereocenters. The van der Waals surface area contributed by atoms with Crippen LogP contribution in [0.4, 0.5) is 0 Å². The Labute approximate surface area is 129 Å². The molecule has 112 valence electrons. The summed E-state index contributed by atoms with van der Waals surface area (Å²) in [5.74, 6) is -0.0985. The zero-order valence-corrected chi connectivity index (χ0v) is 12.9. The van der Waals surface area contributed by atoms with Crippen molar-refractivity contribution in [2.24, 2.45) is 7.05 Å². The number of hydrogen-bond acceptors (Lipinski definition) is 2. The van der Waals surface area contributed by atoms with Crippen LogP contribution in [-0.4, -0.2) is 27.5 Å². The van der Waals surface area contributed by atoms with Gasteiger partial charge in [0.25, 0.3) is 0 Å². The molecular weight excluding hydrogens is 288 g/mol. The van der Waals surface area contributed by atoms with Gasteiger partial charge < -0.3 is 14.6 Å². The molecule has 0 saturated carbocycles. The molecule has 1 aromatic carbocycles. The predicted molar refractivity (Wildman–Crippen MR) is 82.9 cm³/mol. The van der Waals surface area contributed by atoms with Crippen molar-refractivity contribution < 1.29 is 9.90 Å². The van der Waals surface area contributed by atoms with E-state index in [2.05, 4.69) is 0 Å². The van der Waals surface area contributed by atoms with Crippen LogP contribution in [0.2, 0.25) is 5.02 Å². The summed E-state index contributed by atoms with van der Waals surface area (Å²) in [5.41, 5.74) is 1.74. The quantitative estimate of drug-likeness (QED) is 0.923. The van der Waals surface area contributed by atoms with E-state index in [1.807, 2.05) is 29.9 Å². The molecule has 1 amide bonds. The Balaban J connectivity index is 1.94. The molecule has 0 aliphatic heterocycles. The van der Waals surface area contributed by atoms with E-state index in [9.17, 15) is 9.90 Å². The third-order valence-electron chi connectivity index (χ3n) is 3.50. The second-order valence-electron chi connectivity index (χ2n) is 5.13. The molecule has 4 nitrogen and oxygen atoms in total. The highest BCUT2D eigenvalue weighted by molar-refractivity contribution is 6.30. The maximum Gasteiger partial charge on any atom is 0.225 e. The highest BCUT2D eigenvalue weighted by Crippen LogP contribution is 2.20. The molecule has 0 bridgehead atoms. The van der Waals surface area contributed by atoms with Crippen molar-refractivity contribution in [2.45, 2.75) is 19.1 Å². The fourth-order valence-electron chi connectivity index (χ4n) is 2.12. The van der Waals surface area contributed by atoms with Gasteiger partial charge in [-0.15, -0.1) is 0 Å². The van der Waals surface area contributed by atoms with E-state index in [-0.39, 0.29) is 12.3 Å².